The van der Waals surface area contributed by atoms with Crippen LogP contribution in [0.4, 0.5) is 5.69 Å². The maximum absolute atomic E-state index is 10.5. The number of rotatable bonds is 4. The lowest BCUT2D eigenvalue weighted by Gasteiger charge is -2.42. The molecule has 0 amide bonds. The Morgan fingerprint density at radius 3 is 2.41 bits per heavy atom. The Bertz CT molecular complexity index is 426. The lowest BCUT2D eigenvalue weighted by atomic mass is 9.96. The van der Waals surface area contributed by atoms with Gasteiger partial charge in [0.25, 0.3) is 0 Å². The number of hydrogen-bond donors (Lipinski definition) is 1. The van der Waals surface area contributed by atoms with Crippen molar-refractivity contribution in [2.45, 2.75) is 25.7 Å². The number of aryl methyl sites for hydroxylation is 1. The average molecular weight is 231 g/mol. The molecule has 1 heterocycles. The van der Waals surface area contributed by atoms with E-state index in [-0.39, 0.29) is 6.42 Å². The highest BCUT2D eigenvalue weighted by atomic mass is 16.4. The van der Waals surface area contributed by atoms with Gasteiger partial charge in [-0.25, -0.2) is 0 Å². The number of aliphatic carboxylic acids is 1. The summed E-state index contributed by atoms with van der Waals surface area (Å²) in [6.45, 7) is 2.42. The molecule has 0 unspecified atom stereocenters. The molecule has 1 spiro atoms. The highest BCUT2D eigenvalue weighted by molar-refractivity contribution is 5.67. The Morgan fingerprint density at radius 1 is 1.24 bits per heavy atom. The van der Waals surface area contributed by atoms with Crippen molar-refractivity contribution < 1.29 is 9.90 Å². The van der Waals surface area contributed by atoms with Crippen LogP contribution in [0, 0.1) is 5.41 Å². The second-order valence-corrected chi connectivity index (χ2v) is 5.42. The van der Waals surface area contributed by atoms with Crippen molar-refractivity contribution in [1.29, 1.82) is 0 Å². The average Bonchev–Trinajstić information content (AvgIpc) is 3.05. The van der Waals surface area contributed by atoms with Gasteiger partial charge in [0.1, 0.15) is 0 Å². The van der Waals surface area contributed by atoms with Crippen molar-refractivity contribution in [2.75, 3.05) is 18.0 Å². The summed E-state index contributed by atoms with van der Waals surface area (Å²) in [7, 11) is 0. The van der Waals surface area contributed by atoms with Gasteiger partial charge < -0.3 is 10.0 Å². The van der Waals surface area contributed by atoms with Crippen LogP contribution in [0.2, 0.25) is 0 Å². The third kappa shape index (κ3) is 2.14. The second-order valence-electron chi connectivity index (χ2n) is 5.42. The monoisotopic (exact) mass is 231 g/mol. The lowest BCUT2D eigenvalue weighted by Crippen LogP contribution is -2.48. The van der Waals surface area contributed by atoms with E-state index in [9.17, 15) is 4.79 Å². The first-order valence-electron chi connectivity index (χ1n) is 6.23. The van der Waals surface area contributed by atoms with Crippen molar-refractivity contribution in [3.05, 3.63) is 29.8 Å². The molecule has 3 heteroatoms. The molecule has 2 aliphatic rings. The summed E-state index contributed by atoms with van der Waals surface area (Å²) in [5, 5.41) is 8.62. The van der Waals surface area contributed by atoms with Crippen LogP contribution in [0.25, 0.3) is 0 Å². The molecule has 0 atom stereocenters. The first-order valence-corrected chi connectivity index (χ1v) is 6.23. The molecule has 1 aromatic carbocycles. The molecule has 1 aromatic rings. The Balaban J connectivity index is 1.58. The van der Waals surface area contributed by atoms with E-state index in [1.807, 2.05) is 0 Å². The molecule has 1 aliphatic heterocycles. The fourth-order valence-electron chi connectivity index (χ4n) is 2.56. The predicted molar refractivity (Wildman–Crippen MR) is 66.3 cm³/mol. The van der Waals surface area contributed by atoms with Gasteiger partial charge in [-0.1, -0.05) is 12.1 Å². The molecular weight excluding hydrogens is 214 g/mol. The third-order valence-corrected chi connectivity index (χ3v) is 3.94. The third-order valence-electron chi connectivity index (χ3n) is 3.94. The molecule has 3 rings (SSSR count). The first-order chi connectivity index (χ1) is 8.17. The van der Waals surface area contributed by atoms with E-state index in [1.54, 1.807) is 0 Å². The van der Waals surface area contributed by atoms with E-state index >= 15 is 0 Å². The van der Waals surface area contributed by atoms with E-state index in [1.165, 1.54) is 31.6 Å². The quantitative estimate of drug-likeness (QED) is 0.864. The van der Waals surface area contributed by atoms with Gasteiger partial charge >= 0.3 is 5.97 Å². The predicted octanol–water partition coefficient (Wildman–Crippen LogP) is 2.30. The van der Waals surface area contributed by atoms with Crippen molar-refractivity contribution in [3.63, 3.8) is 0 Å². The Labute approximate surface area is 101 Å². The summed E-state index contributed by atoms with van der Waals surface area (Å²) in [4.78, 5) is 12.9. The van der Waals surface area contributed by atoms with Crippen molar-refractivity contribution >= 4 is 11.7 Å². The number of benzene rings is 1. The molecule has 1 saturated heterocycles. The zero-order valence-electron chi connectivity index (χ0n) is 9.85. The smallest absolute Gasteiger partial charge is 0.303 e. The maximum Gasteiger partial charge on any atom is 0.303 e. The summed E-state index contributed by atoms with van der Waals surface area (Å²) in [6, 6.07) is 8.34. The molecule has 17 heavy (non-hydrogen) atoms. The fourth-order valence-corrected chi connectivity index (χ4v) is 2.56. The van der Waals surface area contributed by atoms with Gasteiger partial charge in [-0.05, 0) is 37.0 Å². The zero-order chi connectivity index (χ0) is 11.9. The molecule has 0 aromatic heterocycles. The van der Waals surface area contributed by atoms with E-state index < -0.39 is 5.97 Å². The van der Waals surface area contributed by atoms with Crippen molar-refractivity contribution in [3.8, 4) is 0 Å². The molecule has 1 aliphatic carbocycles. The SMILES string of the molecule is O=C(O)CCc1ccc(N2CC3(CC3)C2)cc1. The Kier molecular flexibility index (Phi) is 2.35. The molecule has 2 fully saturated rings. The van der Waals surface area contributed by atoms with Crippen LogP contribution in [0.15, 0.2) is 24.3 Å². The van der Waals surface area contributed by atoms with Crippen LogP contribution in [0.3, 0.4) is 0 Å². The van der Waals surface area contributed by atoms with Gasteiger partial charge in [-0.15, -0.1) is 0 Å². The molecule has 0 bridgehead atoms. The number of carbonyl (C=O) groups is 1. The van der Waals surface area contributed by atoms with E-state index in [2.05, 4.69) is 29.2 Å². The summed E-state index contributed by atoms with van der Waals surface area (Å²) in [5.41, 5.74) is 3.07. The molecule has 90 valence electrons. The zero-order valence-corrected chi connectivity index (χ0v) is 9.85. The van der Waals surface area contributed by atoms with Crippen LogP contribution in [0.5, 0.6) is 0 Å². The van der Waals surface area contributed by atoms with Crippen LogP contribution in [-0.4, -0.2) is 24.2 Å². The molecule has 1 N–H and O–H groups in total. The molecular formula is C14H17NO2. The van der Waals surface area contributed by atoms with E-state index in [0.29, 0.717) is 11.8 Å². The summed E-state index contributed by atoms with van der Waals surface area (Å²) in [6.07, 6.45) is 3.64. The molecule has 3 nitrogen and oxygen atoms in total. The van der Waals surface area contributed by atoms with Gasteiger partial charge in [0, 0.05) is 30.6 Å². The minimum atomic E-state index is -0.729. The molecule has 0 radical (unpaired) electrons. The highest BCUT2D eigenvalue weighted by Gasteiger charge is 2.52. The lowest BCUT2D eigenvalue weighted by molar-refractivity contribution is -0.136. The van der Waals surface area contributed by atoms with Crippen LogP contribution in [-0.2, 0) is 11.2 Å². The van der Waals surface area contributed by atoms with Gasteiger partial charge in [0.15, 0.2) is 0 Å². The summed E-state index contributed by atoms with van der Waals surface area (Å²) in [5.74, 6) is -0.729. The number of anilines is 1. The largest absolute Gasteiger partial charge is 0.481 e. The van der Waals surface area contributed by atoms with Gasteiger partial charge in [-0.2, -0.15) is 0 Å². The standard InChI is InChI=1S/C14H17NO2/c16-13(17)6-3-11-1-4-12(5-2-11)15-9-14(10-15)7-8-14/h1-2,4-5H,3,6-10H2,(H,16,17). The number of hydrogen-bond acceptors (Lipinski definition) is 2. The normalized spacial score (nSPS) is 20.1. The summed E-state index contributed by atoms with van der Waals surface area (Å²) >= 11 is 0. The van der Waals surface area contributed by atoms with E-state index in [0.717, 1.165) is 5.56 Å². The van der Waals surface area contributed by atoms with Gasteiger partial charge in [0.2, 0.25) is 0 Å². The maximum atomic E-state index is 10.5. The molecule has 1 saturated carbocycles. The Morgan fingerprint density at radius 2 is 1.88 bits per heavy atom. The number of nitrogens with zero attached hydrogens (tertiary/aromatic N) is 1. The minimum absolute atomic E-state index is 0.214. The number of carboxylic acid groups (broad SMARTS) is 1. The van der Waals surface area contributed by atoms with E-state index in [4.69, 9.17) is 5.11 Å². The number of carboxylic acids is 1. The van der Waals surface area contributed by atoms with Crippen LogP contribution < -0.4 is 4.90 Å². The first kappa shape index (κ1) is 10.6. The fraction of sp³-hybridized carbons (Fsp3) is 0.500. The van der Waals surface area contributed by atoms with Gasteiger partial charge in [-0.3, -0.25) is 4.79 Å². The minimum Gasteiger partial charge on any atom is -0.481 e. The van der Waals surface area contributed by atoms with Crippen LogP contribution >= 0.6 is 0 Å². The van der Waals surface area contributed by atoms with Crippen molar-refractivity contribution in [1.82, 2.24) is 0 Å². The van der Waals surface area contributed by atoms with Gasteiger partial charge in [0.05, 0.1) is 0 Å². The summed E-state index contributed by atoms with van der Waals surface area (Å²) < 4.78 is 0. The Hall–Kier alpha value is -1.51. The second kappa shape index (κ2) is 3.76. The topological polar surface area (TPSA) is 40.5 Å². The van der Waals surface area contributed by atoms with Crippen LogP contribution in [0.1, 0.15) is 24.8 Å². The highest BCUT2D eigenvalue weighted by Crippen LogP contribution is 2.53. The van der Waals surface area contributed by atoms with Crippen molar-refractivity contribution in [2.24, 2.45) is 5.41 Å².